The molecule has 1 saturated heterocycles. The molecule has 0 radical (unpaired) electrons. The summed E-state index contributed by atoms with van der Waals surface area (Å²) in [4.78, 5) is 24.1. The highest BCUT2D eigenvalue weighted by Gasteiger charge is 2.52. The predicted octanol–water partition coefficient (Wildman–Crippen LogP) is -1.48. The Balaban J connectivity index is 1.55. The number of hydrogen-bond acceptors (Lipinski definition) is 11. The topological polar surface area (TPSA) is 192 Å². The summed E-state index contributed by atoms with van der Waals surface area (Å²) in [6, 6.07) is 8.17. The largest absolute Gasteiger partial charge is 0.478 e. The van der Waals surface area contributed by atoms with Crippen LogP contribution in [-0.2, 0) is 23.7 Å². The van der Waals surface area contributed by atoms with Gasteiger partial charge in [0, 0.05) is 5.92 Å². The van der Waals surface area contributed by atoms with Crippen molar-refractivity contribution in [2.75, 3.05) is 13.2 Å². The van der Waals surface area contributed by atoms with Crippen molar-refractivity contribution in [3.8, 4) is 0 Å². The number of carboxylic acid groups (broad SMARTS) is 1. The van der Waals surface area contributed by atoms with Crippen LogP contribution in [0.2, 0.25) is 0 Å². The minimum absolute atomic E-state index is 0.239. The van der Waals surface area contributed by atoms with Gasteiger partial charge in [0.25, 0.3) is 0 Å². The summed E-state index contributed by atoms with van der Waals surface area (Å²) in [6.07, 6.45) is -8.17. The van der Waals surface area contributed by atoms with Crippen LogP contribution in [0.3, 0.4) is 0 Å². The van der Waals surface area contributed by atoms with Gasteiger partial charge in [-0.25, -0.2) is 9.59 Å². The summed E-state index contributed by atoms with van der Waals surface area (Å²) in [5, 5.41) is 59.9. The number of carbonyl (C=O) groups excluding carboxylic acids is 1. The number of hydrogen-bond donors (Lipinski definition) is 6. The highest BCUT2D eigenvalue weighted by atomic mass is 16.8. The predicted molar refractivity (Wildman–Crippen MR) is 113 cm³/mol. The van der Waals surface area contributed by atoms with Crippen LogP contribution in [0, 0.1) is 11.8 Å². The van der Waals surface area contributed by atoms with Crippen molar-refractivity contribution >= 4 is 11.9 Å². The van der Waals surface area contributed by atoms with Gasteiger partial charge in [-0.05, 0) is 17.7 Å². The van der Waals surface area contributed by atoms with Gasteiger partial charge in [-0.15, -0.1) is 0 Å². The zero-order valence-electron chi connectivity index (χ0n) is 18.3. The lowest BCUT2D eigenvalue weighted by molar-refractivity contribution is -0.340. The maximum Gasteiger partial charge on any atom is 0.338 e. The third kappa shape index (κ3) is 4.95. The molecule has 190 valence electrons. The average molecular weight is 494 g/mol. The Morgan fingerprint density at radius 3 is 2.31 bits per heavy atom. The van der Waals surface area contributed by atoms with Crippen molar-refractivity contribution in [1.29, 1.82) is 0 Å². The van der Waals surface area contributed by atoms with Crippen LogP contribution in [0.4, 0.5) is 0 Å². The van der Waals surface area contributed by atoms with Crippen LogP contribution in [0.15, 0.2) is 53.8 Å². The summed E-state index contributed by atoms with van der Waals surface area (Å²) < 4.78 is 21.9. The average Bonchev–Trinajstić information content (AvgIpc) is 3.19. The van der Waals surface area contributed by atoms with Crippen molar-refractivity contribution in [2.24, 2.45) is 11.8 Å². The molecule has 0 amide bonds. The zero-order valence-corrected chi connectivity index (χ0v) is 18.3. The standard InChI is InChI=1S/C23H26O12/c24-7-14-17(26)18(27)19(28)23(34-14)35-22-15-11(8-32-21(31)10-4-2-1-3-5-10)6-13(25)16(15)12(9-33-22)20(29)30/h1-6,9,13-19,22-28H,7-8H2,(H,29,30). The van der Waals surface area contributed by atoms with Gasteiger partial charge in [0.2, 0.25) is 6.29 Å². The molecule has 2 aliphatic heterocycles. The first-order valence-corrected chi connectivity index (χ1v) is 10.9. The number of benzene rings is 1. The molecule has 6 N–H and O–H groups in total. The van der Waals surface area contributed by atoms with E-state index >= 15 is 0 Å². The molecule has 1 aromatic rings. The van der Waals surface area contributed by atoms with E-state index in [4.69, 9.17) is 18.9 Å². The smallest absolute Gasteiger partial charge is 0.338 e. The Bertz CT molecular complexity index is 989. The van der Waals surface area contributed by atoms with E-state index in [0.717, 1.165) is 6.26 Å². The zero-order chi connectivity index (χ0) is 25.3. The molecule has 3 aliphatic rings. The van der Waals surface area contributed by atoms with Gasteiger partial charge in [-0.2, -0.15) is 0 Å². The van der Waals surface area contributed by atoms with E-state index < -0.39 is 73.5 Å². The van der Waals surface area contributed by atoms with Gasteiger partial charge in [-0.1, -0.05) is 24.3 Å². The number of aliphatic carboxylic acids is 1. The maximum atomic E-state index is 12.4. The second kappa shape index (κ2) is 10.4. The van der Waals surface area contributed by atoms with E-state index in [9.17, 15) is 40.2 Å². The first-order chi connectivity index (χ1) is 16.7. The highest BCUT2D eigenvalue weighted by molar-refractivity contribution is 5.89. The first-order valence-electron chi connectivity index (χ1n) is 10.9. The molecule has 4 rings (SSSR count). The lowest BCUT2D eigenvalue weighted by Crippen LogP contribution is -2.60. The van der Waals surface area contributed by atoms with Crippen LogP contribution >= 0.6 is 0 Å². The molecule has 1 aliphatic carbocycles. The number of fused-ring (bicyclic) bond motifs is 1. The van der Waals surface area contributed by atoms with E-state index in [-0.39, 0.29) is 12.2 Å². The van der Waals surface area contributed by atoms with Gasteiger partial charge in [0.05, 0.1) is 36.0 Å². The molecular formula is C23H26O12. The molecule has 9 unspecified atom stereocenters. The molecule has 0 saturated carbocycles. The van der Waals surface area contributed by atoms with E-state index in [0.29, 0.717) is 11.1 Å². The molecule has 12 nitrogen and oxygen atoms in total. The van der Waals surface area contributed by atoms with Gasteiger partial charge in [0.15, 0.2) is 6.29 Å². The number of aliphatic hydroxyl groups is 5. The first kappa shape index (κ1) is 25.3. The number of carboxylic acids is 1. The third-order valence-electron chi connectivity index (χ3n) is 6.29. The lowest BCUT2D eigenvalue weighted by Gasteiger charge is -2.43. The molecule has 0 aromatic heterocycles. The van der Waals surface area contributed by atoms with Crippen molar-refractivity contribution in [3.63, 3.8) is 0 Å². The summed E-state index contributed by atoms with van der Waals surface area (Å²) in [5.41, 5.74) is 0.369. The fourth-order valence-corrected chi connectivity index (χ4v) is 4.47. The molecule has 1 aromatic carbocycles. The minimum atomic E-state index is -1.73. The molecule has 0 bridgehead atoms. The number of carbonyl (C=O) groups is 2. The van der Waals surface area contributed by atoms with E-state index in [2.05, 4.69) is 0 Å². The van der Waals surface area contributed by atoms with Gasteiger partial charge >= 0.3 is 11.9 Å². The maximum absolute atomic E-state index is 12.4. The minimum Gasteiger partial charge on any atom is -0.478 e. The van der Waals surface area contributed by atoms with Crippen LogP contribution in [-0.4, -0.2) is 98.9 Å². The normalized spacial score (nSPS) is 36.4. The molecular weight excluding hydrogens is 468 g/mol. The number of ether oxygens (including phenoxy) is 4. The van der Waals surface area contributed by atoms with E-state index in [1.54, 1.807) is 30.3 Å². The van der Waals surface area contributed by atoms with Crippen molar-refractivity contribution in [1.82, 2.24) is 0 Å². The van der Waals surface area contributed by atoms with Gasteiger partial charge < -0.3 is 49.6 Å². The summed E-state index contributed by atoms with van der Waals surface area (Å²) in [5.74, 6) is -3.96. The molecule has 1 fully saturated rings. The Morgan fingerprint density at radius 1 is 0.943 bits per heavy atom. The Labute approximate surface area is 199 Å². The van der Waals surface area contributed by atoms with E-state index in [1.807, 2.05) is 0 Å². The molecule has 2 heterocycles. The monoisotopic (exact) mass is 494 g/mol. The van der Waals surface area contributed by atoms with E-state index in [1.165, 1.54) is 6.08 Å². The summed E-state index contributed by atoms with van der Waals surface area (Å²) in [7, 11) is 0. The quantitative estimate of drug-likeness (QED) is 0.190. The van der Waals surface area contributed by atoms with Crippen molar-refractivity contribution in [3.05, 3.63) is 59.4 Å². The van der Waals surface area contributed by atoms with Crippen LogP contribution in [0.1, 0.15) is 10.4 Å². The lowest BCUT2D eigenvalue weighted by atomic mass is 9.82. The van der Waals surface area contributed by atoms with Crippen LogP contribution in [0.5, 0.6) is 0 Å². The number of rotatable bonds is 7. The molecule has 0 spiro atoms. The van der Waals surface area contributed by atoms with Crippen LogP contribution < -0.4 is 0 Å². The second-order valence-corrected chi connectivity index (χ2v) is 8.44. The summed E-state index contributed by atoms with van der Waals surface area (Å²) in [6.45, 7) is -0.985. The Morgan fingerprint density at radius 2 is 1.66 bits per heavy atom. The Kier molecular flexibility index (Phi) is 7.52. The van der Waals surface area contributed by atoms with Crippen LogP contribution in [0.25, 0.3) is 0 Å². The molecule has 12 heteroatoms. The molecule has 9 atom stereocenters. The molecule has 35 heavy (non-hydrogen) atoms. The number of aliphatic hydroxyl groups excluding tert-OH is 5. The van der Waals surface area contributed by atoms with Crippen molar-refractivity contribution < 1.29 is 59.2 Å². The summed E-state index contributed by atoms with van der Waals surface area (Å²) >= 11 is 0. The van der Waals surface area contributed by atoms with Gasteiger partial charge in [0.1, 0.15) is 31.0 Å². The number of esters is 1. The SMILES string of the molecule is O=C(O)C1=COC(OC2OC(CO)C(O)C(O)C2O)C2C(COC(=O)c3ccccc3)=CC(O)C12. The van der Waals surface area contributed by atoms with Crippen molar-refractivity contribution in [2.45, 2.75) is 43.1 Å². The fourth-order valence-electron chi connectivity index (χ4n) is 4.47. The third-order valence-corrected chi connectivity index (χ3v) is 6.29. The second-order valence-electron chi connectivity index (χ2n) is 8.44. The fraction of sp³-hybridized carbons (Fsp3) is 0.478. The Hall–Kier alpha value is -2.84. The van der Waals surface area contributed by atoms with Gasteiger partial charge in [-0.3, -0.25) is 0 Å². The highest BCUT2D eigenvalue weighted by Crippen LogP contribution is 2.44.